The van der Waals surface area contributed by atoms with Crippen LogP contribution in [-0.4, -0.2) is 51.8 Å². The summed E-state index contributed by atoms with van der Waals surface area (Å²) in [5, 5.41) is 18.3. The minimum absolute atomic E-state index is 0.149. The summed E-state index contributed by atoms with van der Waals surface area (Å²) in [5.41, 5.74) is 1.31. The molecule has 1 fully saturated rings. The van der Waals surface area contributed by atoms with Gasteiger partial charge in [0.05, 0.1) is 21.2 Å². The number of amides is 1. The highest BCUT2D eigenvalue weighted by Gasteiger charge is 2.30. The number of thioether (sulfide) groups is 1. The van der Waals surface area contributed by atoms with Crippen LogP contribution in [0.15, 0.2) is 52.4 Å². The minimum atomic E-state index is -1.11. The Kier molecular flexibility index (Phi) is 6.43. The summed E-state index contributed by atoms with van der Waals surface area (Å²) in [6.07, 6.45) is 1.65. The number of benzene rings is 2. The number of rotatable bonds is 6. The lowest BCUT2D eigenvalue weighted by molar-refractivity contribution is -0.139. The number of halogens is 1. The van der Waals surface area contributed by atoms with Crippen molar-refractivity contribution in [3.63, 3.8) is 0 Å². The van der Waals surface area contributed by atoms with Crippen LogP contribution in [0.2, 0.25) is 5.02 Å². The Balaban J connectivity index is 1.80. The van der Waals surface area contributed by atoms with Gasteiger partial charge in [0.1, 0.15) is 5.75 Å². The molecular weight excluding hydrogens is 432 g/mol. The predicted octanol–water partition coefficient (Wildman–Crippen LogP) is 3.74. The fourth-order valence-electron chi connectivity index (χ4n) is 2.46. The van der Waals surface area contributed by atoms with Gasteiger partial charge in [-0.3, -0.25) is 9.69 Å². The number of hydrogen-bond donors (Lipinski definition) is 2. The van der Waals surface area contributed by atoms with Crippen molar-refractivity contribution >= 4 is 58.1 Å². The van der Waals surface area contributed by atoms with E-state index in [9.17, 15) is 14.4 Å². The topological polar surface area (TPSA) is 117 Å². The average molecular weight is 447 g/mol. The molecule has 154 valence electrons. The van der Waals surface area contributed by atoms with E-state index >= 15 is 0 Å². The Bertz CT molecular complexity index is 1080. The zero-order chi connectivity index (χ0) is 21.8. The Labute approximate surface area is 180 Å². The van der Waals surface area contributed by atoms with Gasteiger partial charge >= 0.3 is 11.9 Å². The van der Waals surface area contributed by atoms with Gasteiger partial charge in [-0.1, -0.05) is 17.7 Å². The molecule has 0 aliphatic carbocycles. The number of nitrogens with zero attached hydrogens (tertiary/aromatic N) is 2. The fourth-order valence-corrected chi connectivity index (χ4v) is 3.69. The van der Waals surface area contributed by atoms with Gasteiger partial charge < -0.3 is 14.9 Å². The molecule has 1 aliphatic heterocycles. The molecule has 1 saturated heterocycles. The second-order valence-corrected chi connectivity index (χ2v) is 7.51. The Hall–Kier alpha value is -3.30. The van der Waals surface area contributed by atoms with Crippen molar-refractivity contribution in [1.82, 2.24) is 4.90 Å². The van der Waals surface area contributed by atoms with E-state index in [1.807, 2.05) is 0 Å². The number of ether oxygens (including phenoxy) is 1. The molecule has 10 heteroatoms. The van der Waals surface area contributed by atoms with Crippen LogP contribution >= 0.6 is 23.4 Å². The molecule has 3 rings (SSSR count). The maximum Gasteiger partial charge on any atom is 0.341 e. The van der Waals surface area contributed by atoms with E-state index in [-0.39, 0.29) is 22.2 Å². The van der Waals surface area contributed by atoms with Crippen LogP contribution in [-0.2, 0) is 9.59 Å². The van der Waals surface area contributed by atoms with Crippen LogP contribution in [0.3, 0.4) is 0 Å². The van der Waals surface area contributed by atoms with Crippen molar-refractivity contribution < 1.29 is 29.3 Å². The average Bonchev–Trinajstić information content (AvgIpc) is 2.95. The molecule has 0 bridgehead atoms. The summed E-state index contributed by atoms with van der Waals surface area (Å²) >= 11 is 7.29. The van der Waals surface area contributed by atoms with Crippen molar-refractivity contribution in [2.45, 2.75) is 0 Å². The molecule has 2 aromatic carbocycles. The number of carbonyl (C=O) groups excluding carboxylic acids is 1. The predicted molar refractivity (Wildman–Crippen MR) is 113 cm³/mol. The second-order valence-electron chi connectivity index (χ2n) is 6.09. The number of carboxylic acids is 2. The Morgan fingerprint density at radius 3 is 2.50 bits per heavy atom. The number of carboxylic acid groups (broad SMARTS) is 2. The normalized spacial score (nSPS) is 16.3. The lowest BCUT2D eigenvalue weighted by Crippen LogP contribution is -2.23. The van der Waals surface area contributed by atoms with E-state index < -0.39 is 18.5 Å². The highest BCUT2D eigenvalue weighted by Crippen LogP contribution is 2.34. The van der Waals surface area contributed by atoms with Gasteiger partial charge in [0.2, 0.25) is 0 Å². The number of aliphatic imine (C=N–C) groups is 1. The number of amidine groups is 1. The van der Waals surface area contributed by atoms with Gasteiger partial charge in [0.15, 0.2) is 11.8 Å². The molecule has 1 amide bonds. The summed E-state index contributed by atoms with van der Waals surface area (Å²) < 4.78 is 5.08. The van der Waals surface area contributed by atoms with E-state index in [2.05, 4.69) is 4.99 Å². The van der Waals surface area contributed by atoms with Crippen LogP contribution in [0, 0.1) is 0 Å². The summed E-state index contributed by atoms with van der Waals surface area (Å²) in [5.74, 6) is -2.16. The minimum Gasteiger partial charge on any atom is -0.480 e. The summed E-state index contributed by atoms with van der Waals surface area (Å²) in [6.45, 7) is -0.507. The van der Waals surface area contributed by atoms with Gasteiger partial charge in [-0.15, -0.1) is 0 Å². The molecule has 1 heterocycles. The molecule has 0 radical (unpaired) electrons. The molecule has 8 nitrogen and oxygen atoms in total. The van der Waals surface area contributed by atoms with E-state index in [0.29, 0.717) is 21.3 Å². The number of likely N-dealkylation sites (N-methyl/N-ethyl adjacent to an activating group) is 1. The monoisotopic (exact) mass is 446 g/mol. The summed E-state index contributed by atoms with van der Waals surface area (Å²) in [7, 11) is 1.59. The van der Waals surface area contributed by atoms with Gasteiger partial charge in [0.25, 0.3) is 5.91 Å². The maximum atomic E-state index is 12.5. The third-order valence-electron chi connectivity index (χ3n) is 3.95. The van der Waals surface area contributed by atoms with E-state index in [1.165, 1.54) is 34.9 Å². The molecule has 0 unspecified atom stereocenters. The first-order valence-corrected chi connectivity index (χ1v) is 9.68. The maximum absolute atomic E-state index is 12.5. The molecule has 30 heavy (non-hydrogen) atoms. The molecule has 1 aliphatic rings. The fraction of sp³-hybridized carbons (Fsp3) is 0.100. The first kappa shape index (κ1) is 21.4. The largest absolute Gasteiger partial charge is 0.480 e. The quantitative estimate of drug-likeness (QED) is 0.649. The van der Waals surface area contributed by atoms with Crippen molar-refractivity contribution in [1.29, 1.82) is 0 Å². The van der Waals surface area contributed by atoms with E-state index in [0.717, 1.165) is 0 Å². The van der Waals surface area contributed by atoms with Gasteiger partial charge in [0, 0.05) is 7.05 Å². The first-order valence-electron chi connectivity index (χ1n) is 8.48. The van der Waals surface area contributed by atoms with Gasteiger partial charge in [-0.05, 0) is 59.8 Å². The molecular formula is C20H15ClN2O6S. The summed E-state index contributed by atoms with van der Waals surface area (Å²) in [4.78, 5) is 40.3. The SMILES string of the molecule is CN1C(=O)/C(=C/c2ccc(OCC(=O)O)c(Cl)c2)SC1=Nc1ccc(C(=O)O)cc1. The lowest BCUT2D eigenvalue weighted by Gasteiger charge is -2.07. The molecule has 0 atom stereocenters. The van der Waals surface area contributed by atoms with Crippen molar-refractivity contribution in [2.24, 2.45) is 4.99 Å². The smallest absolute Gasteiger partial charge is 0.341 e. The van der Waals surface area contributed by atoms with Crippen LogP contribution < -0.4 is 4.74 Å². The van der Waals surface area contributed by atoms with Crippen LogP contribution in [0.25, 0.3) is 6.08 Å². The zero-order valence-electron chi connectivity index (χ0n) is 15.5. The van der Waals surface area contributed by atoms with Crippen LogP contribution in [0.1, 0.15) is 15.9 Å². The zero-order valence-corrected chi connectivity index (χ0v) is 17.1. The Morgan fingerprint density at radius 1 is 1.20 bits per heavy atom. The van der Waals surface area contributed by atoms with E-state index in [4.69, 9.17) is 26.6 Å². The third kappa shape index (κ3) is 5.00. The van der Waals surface area contributed by atoms with Crippen LogP contribution in [0.5, 0.6) is 5.75 Å². The number of carbonyl (C=O) groups is 3. The lowest BCUT2D eigenvalue weighted by atomic mass is 10.2. The van der Waals surface area contributed by atoms with Crippen molar-refractivity contribution in [2.75, 3.05) is 13.7 Å². The van der Waals surface area contributed by atoms with Gasteiger partial charge in [-0.2, -0.15) is 0 Å². The summed E-state index contributed by atoms with van der Waals surface area (Å²) in [6, 6.07) is 10.8. The number of aromatic carboxylic acids is 1. The highest BCUT2D eigenvalue weighted by atomic mass is 35.5. The van der Waals surface area contributed by atoms with E-state index in [1.54, 1.807) is 37.4 Å². The molecule has 2 aromatic rings. The van der Waals surface area contributed by atoms with Crippen molar-refractivity contribution in [3.05, 3.63) is 63.5 Å². The van der Waals surface area contributed by atoms with Crippen molar-refractivity contribution in [3.8, 4) is 5.75 Å². The Morgan fingerprint density at radius 2 is 1.90 bits per heavy atom. The third-order valence-corrected chi connectivity index (χ3v) is 5.30. The molecule has 2 N–H and O–H groups in total. The number of hydrogen-bond acceptors (Lipinski definition) is 6. The molecule has 0 spiro atoms. The second kappa shape index (κ2) is 9.02. The standard InChI is InChI=1S/C20H15ClN2O6S/c1-23-18(26)16(9-11-2-7-15(14(21)8-11)29-10-17(24)25)30-20(23)22-13-5-3-12(4-6-13)19(27)28/h2-9H,10H2,1H3,(H,24,25)(H,27,28)/b16-9-,22-20?. The first-order chi connectivity index (χ1) is 14.2. The van der Waals surface area contributed by atoms with Gasteiger partial charge in [-0.25, -0.2) is 14.6 Å². The van der Waals surface area contributed by atoms with Crippen LogP contribution in [0.4, 0.5) is 5.69 Å². The number of aliphatic carboxylic acids is 1. The molecule has 0 saturated carbocycles. The molecule has 0 aromatic heterocycles. The highest BCUT2D eigenvalue weighted by molar-refractivity contribution is 8.18.